The minimum Gasteiger partial charge on any atom is -0.334 e. The van der Waals surface area contributed by atoms with Crippen LogP contribution in [0.2, 0.25) is 5.02 Å². The third-order valence-electron chi connectivity index (χ3n) is 4.60. The van der Waals surface area contributed by atoms with Crippen molar-refractivity contribution in [3.63, 3.8) is 0 Å². The highest BCUT2D eigenvalue weighted by molar-refractivity contribution is 6.30. The number of carbonyl (C=O) groups is 1. The van der Waals surface area contributed by atoms with Crippen LogP contribution in [0.15, 0.2) is 47.3 Å². The number of hydrogen-bond acceptors (Lipinski definition) is 3. The summed E-state index contributed by atoms with van der Waals surface area (Å²) in [6.45, 7) is 1.13. The molecule has 2 aromatic carbocycles. The summed E-state index contributed by atoms with van der Waals surface area (Å²) in [4.78, 5) is 26.8. The van der Waals surface area contributed by atoms with Crippen LogP contribution >= 0.6 is 11.6 Å². The summed E-state index contributed by atoms with van der Waals surface area (Å²) in [5, 5.41) is 6.31. The molecule has 0 spiro atoms. The van der Waals surface area contributed by atoms with Crippen molar-refractivity contribution in [3.05, 3.63) is 74.7 Å². The number of halogens is 1. The van der Waals surface area contributed by atoms with Gasteiger partial charge in [0.15, 0.2) is 0 Å². The molecule has 1 amide bonds. The van der Waals surface area contributed by atoms with E-state index >= 15 is 0 Å². The summed E-state index contributed by atoms with van der Waals surface area (Å²) in [5.74, 6) is -0.0105. The summed E-state index contributed by atoms with van der Waals surface area (Å²) in [7, 11) is 1.61. The Kier molecular flexibility index (Phi) is 3.81. The lowest BCUT2D eigenvalue weighted by atomic mass is 10.1. The number of benzene rings is 2. The Bertz CT molecular complexity index is 1060. The molecule has 0 unspecified atom stereocenters. The van der Waals surface area contributed by atoms with E-state index in [1.54, 1.807) is 18.0 Å². The number of carbonyl (C=O) groups excluding carboxylic acids is 1. The van der Waals surface area contributed by atoms with Gasteiger partial charge in [-0.2, -0.15) is 5.10 Å². The highest BCUT2D eigenvalue weighted by Gasteiger charge is 2.24. The van der Waals surface area contributed by atoms with Crippen molar-refractivity contribution in [2.45, 2.75) is 19.5 Å². The first-order chi connectivity index (χ1) is 12.0. The molecule has 0 aliphatic carbocycles. The Labute approximate surface area is 149 Å². The molecule has 0 radical (unpaired) electrons. The fourth-order valence-corrected chi connectivity index (χ4v) is 3.50. The largest absolute Gasteiger partial charge is 0.334 e. The standard InChI is InChI=1S/C19H16ClN3O2/c1-22-19(25)16-5-3-2-4-15(16)17(21-22)9-18(24)23-10-12-6-7-14(20)8-13(12)11-23/h2-8H,9-11H2,1H3. The van der Waals surface area contributed by atoms with Crippen molar-refractivity contribution in [3.8, 4) is 0 Å². The first-order valence-electron chi connectivity index (χ1n) is 8.03. The van der Waals surface area contributed by atoms with Crippen molar-refractivity contribution >= 4 is 28.3 Å². The predicted molar refractivity (Wildman–Crippen MR) is 96.4 cm³/mol. The lowest BCUT2D eigenvalue weighted by Crippen LogP contribution is -2.29. The molecule has 3 aromatic rings. The zero-order chi connectivity index (χ0) is 17.6. The third kappa shape index (κ3) is 2.81. The summed E-state index contributed by atoms with van der Waals surface area (Å²) in [6, 6.07) is 13.0. The van der Waals surface area contributed by atoms with E-state index in [4.69, 9.17) is 11.6 Å². The Morgan fingerprint density at radius 2 is 1.84 bits per heavy atom. The topological polar surface area (TPSA) is 55.2 Å². The second kappa shape index (κ2) is 6.01. The summed E-state index contributed by atoms with van der Waals surface area (Å²) in [6.07, 6.45) is 0.163. The van der Waals surface area contributed by atoms with Crippen LogP contribution in [-0.2, 0) is 31.4 Å². The molecule has 0 N–H and O–H groups in total. The Balaban J connectivity index is 1.63. The van der Waals surface area contributed by atoms with Crippen LogP contribution < -0.4 is 5.56 Å². The molecule has 0 saturated heterocycles. The lowest BCUT2D eigenvalue weighted by Gasteiger charge is -2.16. The van der Waals surface area contributed by atoms with Gasteiger partial charge in [-0.1, -0.05) is 35.9 Å². The highest BCUT2D eigenvalue weighted by atomic mass is 35.5. The fraction of sp³-hybridized carbons (Fsp3) is 0.211. The number of aryl methyl sites for hydroxylation is 1. The monoisotopic (exact) mass is 353 g/mol. The fourth-order valence-electron chi connectivity index (χ4n) is 3.30. The van der Waals surface area contributed by atoms with Gasteiger partial charge in [-0.3, -0.25) is 9.59 Å². The quantitative estimate of drug-likeness (QED) is 0.711. The van der Waals surface area contributed by atoms with Crippen molar-refractivity contribution in [2.75, 3.05) is 0 Å². The molecule has 25 heavy (non-hydrogen) atoms. The zero-order valence-electron chi connectivity index (χ0n) is 13.7. The van der Waals surface area contributed by atoms with Crippen molar-refractivity contribution in [1.82, 2.24) is 14.7 Å². The molecule has 1 aliphatic heterocycles. The van der Waals surface area contributed by atoms with E-state index in [1.165, 1.54) is 4.68 Å². The highest BCUT2D eigenvalue weighted by Crippen LogP contribution is 2.26. The molecule has 5 nitrogen and oxygen atoms in total. The van der Waals surface area contributed by atoms with Crippen molar-refractivity contribution < 1.29 is 4.79 Å². The first kappa shape index (κ1) is 15.8. The maximum Gasteiger partial charge on any atom is 0.274 e. The maximum absolute atomic E-state index is 12.8. The van der Waals surface area contributed by atoms with E-state index in [2.05, 4.69) is 5.10 Å². The van der Waals surface area contributed by atoms with E-state index < -0.39 is 0 Å². The minimum atomic E-state index is -0.157. The van der Waals surface area contributed by atoms with E-state index in [0.29, 0.717) is 29.2 Å². The van der Waals surface area contributed by atoms with Crippen LogP contribution in [0.1, 0.15) is 16.8 Å². The van der Waals surface area contributed by atoms with Gasteiger partial charge in [0.05, 0.1) is 17.5 Å². The molecule has 2 heterocycles. The molecule has 126 valence electrons. The molecule has 0 saturated carbocycles. The molecular weight excluding hydrogens is 338 g/mol. The van der Waals surface area contributed by atoms with Crippen LogP contribution in [0.3, 0.4) is 0 Å². The number of aromatic nitrogens is 2. The summed E-state index contributed by atoms with van der Waals surface area (Å²) < 4.78 is 1.30. The molecule has 1 aromatic heterocycles. The molecule has 6 heteroatoms. The predicted octanol–water partition coefficient (Wildman–Crippen LogP) is 2.67. The Hall–Kier alpha value is -2.66. The number of amides is 1. The van der Waals surface area contributed by atoms with Gasteiger partial charge in [-0.15, -0.1) is 0 Å². The normalized spacial score (nSPS) is 13.3. The van der Waals surface area contributed by atoms with Gasteiger partial charge >= 0.3 is 0 Å². The molecule has 0 bridgehead atoms. The van der Waals surface area contributed by atoms with Gasteiger partial charge in [0.1, 0.15) is 0 Å². The van der Waals surface area contributed by atoms with Crippen LogP contribution in [-0.4, -0.2) is 20.6 Å². The SMILES string of the molecule is Cn1nc(CC(=O)N2Cc3ccc(Cl)cc3C2)c2ccccc2c1=O. The molecule has 4 rings (SSSR count). The molecular formula is C19H16ClN3O2. The molecule has 1 aliphatic rings. The van der Waals surface area contributed by atoms with Gasteiger partial charge in [0, 0.05) is 30.5 Å². The van der Waals surface area contributed by atoms with Gasteiger partial charge < -0.3 is 4.90 Å². The van der Waals surface area contributed by atoms with E-state index in [9.17, 15) is 9.59 Å². The smallest absolute Gasteiger partial charge is 0.274 e. The van der Waals surface area contributed by atoms with Crippen LogP contribution in [0.5, 0.6) is 0 Å². The average Bonchev–Trinajstić information content (AvgIpc) is 3.02. The maximum atomic E-state index is 12.8. The zero-order valence-corrected chi connectivity index (χ0v) is 14.5. The second-order valence-corrected chi connectivity index (χ2v) is 6.70. The van der Waals surface area contributed by atoms with Gasteiger partial charge in [0.2, 0.25) is 5.91 Å². The van der Waals surface area contributed by atoms with Crippen LogP contribution in [0.25, 0.3) is 10.8 Å². The number of nitrogens with zero attached hydrogens (tertiary/aromatic N) is 3. The Morgan fingerprint density at radius 1 is 1.12 bits per heavy atom. The summed E-state index contributed by atoms with van der Waals surface area (Å²) in [5.41, 5.74) is 2.67. The third-order valence-corrected chi connectivity index (χ3v) is 4.83. The van der Waals surface area contributed by atoms with Crippen LogP contribution in [0, 0.1) is 0 Å². The minimum absolute atomic E-state index is 0.0105. The summed E-state index contributed by atoms with van der Waals surface area (Å²) >= 11 is 6.03. The van der Waals surface area contributed by atoms with Crippen LogP contribution in [0.4, 0.5) is 0 Å². The van der Waals surface area contributed by atoms with E-state index in [1.807, 2.05) is 36.4 Å². The molecule has 0 fully saturated rings. The van der Waals surface area contributed by atoms with Gasteiger partial charge in [-0.05, 0) is 29.3 Å². The molecule has 0 atom stereocenters. The van der Waals surface area contributed by atoms with E-state index in [-0.39, 0.29) is 17.9 Å². The average molecular weight is 354 g/mol. The van der Waals surface area contributed by atoms with Crippen molar-refractivity contribution in [1.29, 1.82) is 0 Å². The van der Waals surface area contributed by atoms with E-state index in [0.717, 1.165) is 16.5 Å². The number of hydrogen-bond donors (Lipinski definition) is 0. The number of fused-ring (bicyclic) bond motifs is 2. The van der Waals surface area contributed by atoms with Crippen molar-refractivity contribution in [2.24, 2.45) is 7.05 Å². The lowest BCUT2D eigenvalue weighted by molar-refractivity contribution is -0.131. The first-order valence-corrected chi connectivity index (χ1v) is 8.41. The van der Waals surface area contributed by atoms with Gasteiger partial charge in [0.25, 0.3) is 5.56 Å². The number of rotatable bonds is 2. The van der Waals surface area contributed by atoms with Gasteiger partial charge in [-0.25, -0.2) is 4.68 Å². The Morgan fingerprint density at radius 3 is 2.64 bits per heavy atom. The second-order valence-electron chi connectivity index (χ2n) is 6.26.